The van der Waals surface area contributed by atoms with Gasteiger partial charge in [0.25, 0.3) is 5.91 Å². The van der Waals surface area contributed by atoms with Crippen molar-refractivity contribution in [2.45, 2.75) is 40.3 Å². The average molecular weight is 388 g/mol. The summed E-state index contributed by atoms with van der Waals surface area (Å²) in [5.74, 6) is -0.184. The Kier molecular flexibility index (Phi) is 4.88. The van der Waals surface area contributed by atoms with Crippen molar-refractivity contribution in [3.8, 4) is 0 Å². The highest BCUT2D eigenvalue weighted by Crippen LogP contribution is 2.21. The molecule has 0 aliphatic rings. The van der Waals surface area contributed by atoms with E-state index in [4.69, 9.17) is 0 Å². The van der Waals surface area contributed by atoms with Crippen LogP contribution in [-0.2, 0) is 6.54 Å². The van der Waals surface area contributed by atoms with Crippen LogP contribution >= 0.6 is 0 Å². The van der Waals surface area contributed by atoms with Crippen LogP contribution in [0, 0.1) is 13.8 Å². The highest BCUT2D eigenvalue weighted by atomic mass is 16.1. The van der Waals surface area contributed by atoms with E-state index in [1.165, 1.54) is 0 Å². The number of aryl methyl sites for hydroxylation is 1. The van der Waals surface area contributed by atoms with Gasteiger partial charge >= 0.3 is 0 Å². The standard InChI is InChI=1S/C22H24N6O/c1-14(2)28-21-18(11-24-28)10-19(12-23-21)25-22(29)20-15(3)26-27(16(20)4)13-17-8-6-5-7-9-17/h5-12,14H,13H2,1-4H3,(H,25,29). The number of benzene rings is 1. The van der Waals surface area contributed by atoms with E-state index < -0.39 is 0 Å². The fourth-order valence-corrected chi connectivity index (χ4v) is 3.52. The first-order valence-electron chi connectivity index (χ1n) is 9.66. The van der Waals surface area contributed by atoms with Crippen molar-refractivity contribution in [3.63, 3.8) is 0 Å². The van der Waals surface area contributed by atoms with Crippen LogP contribution in [0.5, 0.6) is 0 Å². The molecule has 0 bridgehead atoms. The number of carbonyl (C=O) groups excluding carboxylic acids is 1. The zero-order valence-electron chi connectivity index (χ0n) is 17.0. The van der Waals surface area contributed by atoms with Crippen molar-refractivity contribution >= 4 is 22.6 Å². The van der Waals surface area contributed by atoms with Gasteiger partial charge in [0.15, 0.2) is 5.65 Å². The molecule has 148 valence electrons. The molecule has 0 aliphatic heterocycles. The van der Waals surface area contributed by atoms with Crippen molar-refractivity contribution in [2.75, 3.05) is 5.32 Å². The lowest BCUT2D eigenvalue weighted by Gasteiger charge is -2.08. The normalized spacial score (nSPS) is 11.3. The van der Waals surface area contributed by atoms with Gasteiger partial charge in [-0.3, -0.25) is 9.48 Å². The van der Waals surface area contributed by atoms with Gasteiger partial charge in [-0.1, -0.05) is 30.3 Å². The number of amides is 1. The molecule has 29 heavy (non-hydrogen) atoms. The molecule has 7 heteroatoms. The number of aromatic nitrogens is 5. The average Bonchev–Trinajstić information content (AvgIpc) is 3.23. The molecule has 1 amide bonds. The fraction of sp³-hybridized carbons (Fsp3) is 0.273. The van der Waals surface area contributed by atoms with E-state index in [1.807, 2.05) is 47.5 Å². The maximum Gasteiger partial charge on any atom is 0.259 e. The Balaban J connectivity index is 1.58. The van der Waals surface area contributed by atoms with Crippen LogP contribution in [0.2, 0.25) is 0 Å². The van der Waals surface area contributed by atoms with Crippen LogP contribution in [-0.4, -0.2) is 30.5 Å². The second-order valence-corrected chi connectivity index (χ2v) is 7.46. The second kappa shape index (κ2) is 7.50. The second-order valence-electron chi connectivity index (χ2n) is 7.46. The smallest absolute Gasteiger partial charge is 0.259 e. The highest BCUT2D eigenvalue weighted by molar-refractivity contribution is 6.06. The van der Waals surface area contributed by atoms with Gasteiger partial charge in [-0.05, 0) is 39.3 Å². The summed E-state index contributed by atoms with van der Waals surface area (Å²) in [5, 5.41) is 12.8. The largest absolute Gasteiger partial charge is 0.320 e. The predicted molar refractivity (Wildman–Crippen MR) is 113 cm³/mol. The Bertz CT molecular complexity index is 1170. The minimum atomic E-state index is -0.184. The van der Waals surface area contributed by atoms with Gasteiger partial charge in [0.2, 0.25) is 0 Å². The van der Waals surface area contributed by atoms with E-state index in [2.05, 4.69) is 46.5 Å². The number of hydrogen-bond donors (Lipinski definition) is 1. The number of carbonyl (C=O) groups is 1. The van der Waals surface area contributed by atoms with Gasteiger partial charge in [0.05, 0.1) is 35.9 Å². The van der Waals surface area contributed by atoms with E-state index in [0.29, 0.717) is 23.5 Å². The maximum absolute atomic E-state index is 13.0. The number of rotatable bonds is 5. The first-order chi connectivity index (χ1) is 13.9. The molecule has 0 saturated heterocycles. The predicted octanol–water partition coefficient (Wildman–Crippen LogP) is 4.13. The molecule has 1 N–H and O–H groups in total. The summed E-state index contributed by atoms with van der Waals surface area (Å²) in [7, 11) is 0. The minimum absolute atomic E-state index is 0.184. The number of nitrogens with zero attached hydrogens (tertiary/aromatic N) is 5. The molecule has 0 saturated carbocycles. The van der Waals surface area contributed by atoms with Crippen LogP contribution in [0.25, 0.3) is 11.0 Å². The number of nitrogens with one attached hydrogen (secondary N) is 1. The Morgan fingerprint density at radius 1 is 1.14 bits per heavy atom. The quantitative estimate of drug-likeness (QED) is 0.558. The molecular formula is C22H24N6O. The number of anilines is 1. The Hall–Kier alpha value is -3.48. The molecule has 0 unspecified atom stereocenters. The van der Waals surface area contributed by atoms with Crippen molar-refractivity contribution in [3.05, 3.63) is 71.3 Å². The van der Waals surface area contributed by atoms with Gasteiger partial charge < -0.3 is 5.32 Å². The van der Waals surface area contributed by atoms with Gasteiger partial charge in [0.1, 0.15) is 0 Å². The molecule has 0 aliphatic carbocycles. The van der Waals surface area contributed by atoms with Crippen LogP contribution in [0.1, 0.15) is 47.2 Å². The Morgan fingerprint density at radius 3 is 2.62 bits per heavy atom. The van der Waals surface area contributed by atoms with Gasteiger partial charge in [-0.25, -0.2) is 9.67 Å². The molecule has 0 spiro atoms. The number of fused-ring (bicyclic) bond motifs is 1. The van der Waals surface area contributed by atoms with Crippen LogP contribution in [0.4, 0.5) is 5.69 Å². The maximum atomic E-state index is 13.0. The molecule has 0 fully saturated rings. The highest BCUT2D eigenvalue weighted by Gasteiger charge is 2.19. The van der Waals surface area contributed by atoms with Crippen LogP contribution in [0.15, 0.2) is 48.8 Å². The molecule has 7 nitrogen and oxygen atoms in total. The Labute approximate surface area is 169 Å². The van der Waals surface area contributed by atoms with Gasteiger partial charge in [0, 0.05) is 17.1 Å². The summed E-state index contributed by atoms with van der Waals surface area (Å²) in [6.45, 7) is 8.52. The van der Waals surface area contributed by atoms with E-state index in [-0.39, 0.29) is 11.9 Å². The van der Waals surface area contributed by atoms with E-state index in [9.17, 15) is 4.79 Å². The van der Waals surface area contributed by atoms with Crippen LogP contribution < -0.4 is 5.32 Å². The number of pyridine rings is 1. The SMILES string of the molecule is Cc1nn(Cc2ccccc2)c(C)c1C(=O)Nc1cnc2c(cnn2C(C)C)c1. The molecule has 3 heterocycles. The topological polar surface area (TPSA) is 77.6 Å². The van der Waals surface area contributed by atoms with Crippen molar-refractivity contribution < 1.29 is 4.79 Å². The molecule has 4 rings (SSSR count). The third-order valence-electron chi connectivity index (χ3n) is 4.96. The molecule has 1 aromatic carbocycles. The minimum Gasteiger partial charge on any atom is -0.320 e. The summed E-state index contributed by atoms with van der Waals surface area (Å²) in [5.41, 5.74) is 4.73. The van der Waals surface area contributed by atoms with Crippen molar-refractivity contribution in [2.24, 2.45) is 0 Å². The van der Waals surface area contributed by atoms with Gasteiger partial charge in [-0.15, -0.1) is 0 Å². The zero-order valence-corrected chi connectivity index (χ0v) is 17.0. The number of hydrogen-bond acceptors (Lipinski definition) is 4. The molecule has 3 aromatic heterocycles. The molecule has 0 radical (unpaired) electrons. The lowest BCUT2D eigenvalue weighted by molar-refractivity contribution is 0.102. The Morgan fingerprint density at radius 2 is 1.90 bits per heavy atom. The van der Waals surface area contributed by atoms with E-state index in [0.717, 1.165) is 22.3 Å². The monoisotopic (exact) mass is 388 g/mol. The molecule has 4 aromatic rings. The lowest BCUT2D eigenvalue weighted by Crippen LogP contribution is -2.14. The third-order valence-corrected chi connectivity index (χ3v) is 4.96. The third kappa shape index (κ3) is 3.63. The molecular weight excluding hydrogens is 364 g/mol. The first kappa shape index (κ1) is 18.9. The summed E-state index contributed by atoms with van der Waals surface area (Å²) < 4.78 is 3.73. The molecule has 0 atom stereocenters. The van der Waals surface area contributed by atoms with Gasteiger partial charge in [-0.2, -0.15) is 10.2 Å². The zero-order chi connectivity index (χ0) is 20.5. The summed E-state index contributed by atoms with van der Waals surface area (Å²) in [6, 6.07) is 12.2. The van der Waals surface area contributed by atoms with Crippen molar-refractivity contribution in [1.29, 1.82) is 0 Å². The van der Waals surface area contributed by atoms with E-state index >= 15 is 0 Å². The summed E-state index contributed by atoms with van der Waals surface area (Å²) in [4.78, 5) is 17.4. The summed E-state index contributed by atoms with van der Waals surface area (Å²) in [6.07, 6.45) is 3.44. The van der Waals surface area contributed by atoms with Crippen LogP contribution in [0.3, 0.4) is 0 Å². The fourth-order valence-electron chi connectivity index (χ4n) is 3.52. The lowest BCUT2D eigenvalue weighted by atomic mass is 10.1. The van der Waals surface area contributed by atoms with Crippen molar-refractivity contribution in [1.82, 2.24) is 24.5 Å². The van der Waals surface area contributed by atoms with E-state index in [1.54, 1.807) is 12.4 Å². The first-order valence-corrected chi connectivity index (χ1v) is 9.66. The summed E-state index contributed by atoms with van der Waals surface area (Å²) >= 11 is 0.